The van der Waals surface area contributed by atoms with Crippen LogP contribution in [0.1, 0.15) is 5.56 Å². The number of phenolic OH excluding ortho intramolecular Hbond substituents is 1. The van der Waals surface area contributed by atoms with Crippen molar-refractivity contribution >= 4 is 22.6 Å². The molecular weight excluding hydrogens is 277 g/mol. The van der Waals surface area contributed by atoms with Gasteiger partial charge in [-0.25, -0.2) is 0 Å². The molecule has 0 unspecified atom stereocenters. The molecule has 13 heavy (non-hydrogen) atoms. The van der Waals surface area contributed by atoms with Crippen LogP contribution in [0, 0.1) is 0 Å². The Hall–Kier alpha value is -0.290. The molecule has 0 aliphatic rings. The molecule has 2 nitrogen and oxygen atoms in total. The molecule has 1 rings (SSSR count). The largest absolute Gasteiger partial charge is 0.508 e. The molecule has 1 N–H and O–H groups in total. The summed E-state index contributed by atoms with van der Waals surface area (Å²) in [4.78, 5) is 4.03. The SMILES string of the molecule is CI.CN(C)Cc1cccc(O)c1. The zero-order valence-electron chi connectivity index (χ0n) is 8.29. The van der Waals surface area contributed by atoms with Gasteiger partial charge in [-0.05, 0) is 36.7 Å². The van der Waals surface area contributed by atoms with Crippen LogP contribution in [0.15, 0.2) is 24.3 Å². The molecule has 0 spiro atoms. The smallest absolute Gasteiger partial charge is 0.115 e. The molecule has 0 saturated heterocycles. The zero-order valence-corrected chi connectivity index (χ0v) is 10.4. The van der Waals surface area contributed by atoms with E-state index in [9.17, 15) is 0 Å². The first-order valence-electron chi connectivity index (χ1n) is 3.99. The van der Waals surface area contributed by atoms with E-state index >= 15 is 0 Å². The van der Waals surface area contributed by atoms with E-state index in [4.69, 9.17) is 5.11 Å². The van der Waals surface area contributed by atoms with E-state index in [0.717, 1.165) is 12.1 Å². The Morgan fingerprint density at radius 2 is 1.92 bits per heavy atom. The van der Waals surface area contributed by atoms with Crippen molar-refractivity contribution in [2.45, 2.75) is 6.54 Å². The van der Waals surface area contributed by atoms with Gasteiger partial charge in [-0.15, -0.1) is 0 Å². The summed E-state index contributed by atoms with van der Waals surface area (Å²) < 4.78 is 0. The fourth-order valence-electron chi connectivity index (χ4n) is 1.02. The molecule has 74 valence electrons. The number of halogens is 1. The number of hydrogen-bond donors (Lipinski definition) is 1. The highest BCUT2D eigenvalue weighted by atomic mass is 127. The number of benzene rings is 1. The fraction of sp³-hybridized carbons (Fsp3) is 0.400. The maximum Gasteiger partial charge on any atom is 0.115 e. The Morgan fingerprint density at radius 1 is 1.31 bits per heavy atom. The van der Waals surface area contributed by atoms with Crippen molar-refractivity contribution in [2.75, 3.05) is 19.0 Å². The molecule has 0 aromatic heterocycles. The lowest BCUT2D eigenvalue weighted by molar-refractivity contribution is 0.400. The Kier molecular flexibility index (Phi) is 6.99. The van der Waals surface area contributed by atoms with Gasteiger partial charge in [0.1, 0.15) is 5.75 Å². The van der Waals surface area contributed by atoms with Crippen LogP contribution >= 0.6 is 22.6 Å². The fourth-order valence-corrected chi connectivity index (χ4v) is 1.02. The normalized spacial score (nSPS) is 9.31. The number of alkyl halides is 1. The Bertz CT molecular complexity index is 238. The molecular formula is C10H16INO. The van der Waals surface area contributed by atoms with E-state index in [-0.39, 0.29) is 0 Å². The van der Waals surface area contributed by atoms with Crippen LogP contribution in [-0.4, -0.2) is 29.0 Å². The third kappa shape index (κ3) is 5.87. The number of aromatic hydroxyl groups is 1. The maximum atomic E-state index is 9.11. The minimum Gasteiger partial charge on any atom is -0.508 e. The lowest BCUT2D eigenvalue weighted by Crippen LogP contribution is -2.10. The highest BCUT2D eigenvalue weighted by molar-refractivity contribution is 14.1. The van der Waals surface area contributed by atoms with Crippen molar-refractivity contribution < 1.29 is 5.11 Å². The van der Waals surface area contributed by atoms with E-state index in [0.29, 0.717) is 5.75 Å². The molecule has 0 aliphatic heterocycles. The second-order valence-corrected chi connectivity index (χ2v) is 2.91. The van der Waals surface area contributed by atoms with Gasteiger partial charge in [0.15, 0.2) is 0 Å². The van der Waals surface area contributed by atoms with Crippen molar-refractivity contribution in [1.82, 2.24) is 4.90 Å². The van der Waals surface area contributed by atoms with Crippen LogP contribution in [0.2, 0.25) is 0 Å². The van der Waals surface area contributed by atoms with E-state index in [1.54, 1.807) is 12.1 Å². The third-order valence-electron chi connectivity index (χ3n) is 1.41. The predicted molar refractivity (Wildman–Crippen MR) is 65.4 cm³/mol. The summed E-state index contributed by atoms with van der Waals surface area (Å²) in [7, 11) is 4.01. The quantitative estimate of drug-likeness (QED) is 0.669. The molecule has 0 amide bonds. The molecule has 3 heteroatoms. The number of rotatable bonds is 2. The van der Waals surface area contributed by atoms with Gasteiger partial charge in [0.25, 0.3) is 0 Å². The van der Waals surface area contributed by atoms with E-state index in [1.807, 2.05) is 31.2 Å². The van der Waals surface area contributed by atoms with Gasteiger partial charge in [0.2, 0.25) is 0 Å². The van der Waals surface area contributed by atoms with Crippen molar-refractivity contribution in [1.29, 1.82) is 0 Å². The lowest BCUT2D eigenvalue weighted by Gasteiger charge is -2.08. The average molecular weight is 293 g/mol. The standard InChI is InChI=1S/C9H13NO.CH3I/c1-10(2)7-8-4-3-5-9(11)6-8;1-2/h3-6,11H,7H2,1-2H3;1H3. The van der Waals surface area contributed by atoms with Crippen molar-refractivity contribution in [3.63, 3.8) is 0 Å². The molecule has 1 aromatic carbocycles. The monoisotopic (exact) mass is 293 g/mol. The van der Waals surface area contributed by atoms with Gasteiger partial charge in [0.05, 0.1) is 0 Å². The van der Waals surface area contributed by atoms with Gasteiger partial charge in [0, 0.05) is 6.54 Å². The summed E-state index contributed by atoms with van der Waals surface area (Å²) >= 11 is 2.15. The minimum absolute atomic E-state index is 0.337. The van der Waals surface area contributed by atoms with Crippen molar-refractivity contribution in [3.8, 4) is 5.75 Å². The van der Waals surface area contributed by atoms with Crippen LogP contribution in [-0.2, 0) is 6.54 Å². The summed E-state index contributed by atoms with van der Waals surface area (Å²) in [5.41, 5.74) is 1.13. The second kappa shape index (κ2) is 7.15. The molecule has 1 aromatic rings. The molecule has 0 radical (unpaired) electrons. The maximum absolute atomic E-state index is 9.11. The van der Waals surface area contributed by atoms with Crippen molar-refractivity contribution in [3.05, 3.63) is 29.8 Å². The van der Waals surface area contributed by atoms with Gasteiger partial charge in [-0.1, -0.05) is 34.7 Å². The summed E-state index contributed by atoms with van der Waals surface area (Å²) in [5, 5.41) is 9.11. The van der Waals surface area contributed by atoms with E-state index in [2.05, 4.69) is 27.5 Å². The van der Waals surface area contributed by atoms with Crippen LogP contribution < -0.4 is 0 Å². The van der Waals surface area contributed by atoms with E-state index in [1.165, 1.54) is 0 Å². The number of phenols is 1. The highest BCUT2D eigenvalue weighted by Crippen LogP contribution is 2.11. The molecule has 0 heterocycles. The van der Waals surface area contributed by atoms with Crippen LogP contribution in [0.3, 0.4) is 0 Å². The first-order valence-corrected chi connectivity index (χ1v) is 6.14. The zero-order chi connectivity index (χ0) is 10.3. The topological polar surface area (TPSA) is 23.5 Å². The first-order chi connectivity index (χ1) is 6.18. The van der Waals surface area contributed by atoms with Gasteiger partial charge in [-0.3, -0.25) is 0 Å². The highest BCUT2D eigenvalue weighted by Gasteiger charge is 1.94. The molecule has 0 saturated carbocycles. The summed E-state index contributed by atoms with van der Waals surface area (Å²) in [6.45, 7) is 0.869. The van der Waals surface area contributed by atoms with Crippen molar-refractivity contribution in [2.24, 2.45) is 0 Å². The van der Waals surface area contributed by atoms with E-state index < -0.39 is 0 Å². The van der Waals surface area contributed by atoms with Gasteiger partial charge < -0.3 is 10.0 Å². The summed E-state index contributed by atoms with van der Waals surface area (Å²) in [5.74, 6) is 0.337. The second-order valence-electron chi connectivity index (χ2n) is 2.91. The lowest BCUT2D eigenvalue weighted by atomic mass is 10.2. The predicted octanol–water partition coefficient (Wildman–Crippen LogP) is 2.51. The Balaban J connectivity index is 0.000000671. The minimum atomic E-state index is 0.337. The van der Waals surface area contributed by atoms with Gasteiger partial charge in [-0.2, -0.15) is 0 Å². The molecule has 0 bridgehead atoms. The Labute approximate surface area is 93.7 Å². The first kappa shape index (κ1) is 12.7. The summed E-state index contributed by atoms with van der Waals surface area (Å²) in [6.07, 6.45) is 0. The van der Waals surface area contributed by atoms with Gasteiger partial charge >= 0.3 is 0 Å². The third-order valence-corrected chi connectivity index (χ3v) is 1.41. The summed E-state index contributed by atoms with van der Waals surface area (Å²) in [6, 6.07) is 7.31. The van der Waals surface area contributed by atoms with Crippen LogP contribution in [0.4, 0.5) is 0 Å². The Morgan fingerprint density at radius 3 is 2.38 bits per heavy atom. The van der Waals surface area contributed by atoms with Crippen LogP contribution in [0.5, 0.6) is 5.75 Å². The average Bonchev–Trinajstić information content (AvgIpc) is 2.06. The number of nitrogens with zero attached hydrogens (tertiary/aromatic N) is 1. The molecule has 0 fully saturated rings. The number of hydrogen-bond acceptors (Lipinski definition) is 2. The molecule has 0 atom stereocenters. The van der Waals surface area contributed by atoms with Crippen LogP contribution in [0.25, 0.3) is 0 Å². The molecule has 0 aliphatic carbocycles.